The molecule has 0 bridgehead atoms. The summed E-state index contributed by atoms with van der Waals surface area (Å²) in [6, 6.07) is 0.474. The number of ether oxygens (including phenoxy) is 1. The van der Waals surface area contributed by atoms with E-state index in [9.17, 15) is 4.79 Å². The van der Waals surface area contributed by atoms with Crippen LogP contribution < -0.4 is 0 Å². The smallest absolute Gasteiger partial charge is 0.228 e. The Kier molecular flexibility index (Phi) is 8.44. The van der Waals surface area contributed by atoms with E-state index in [1.807, 2.05) is 6.92 Å². The summed E-state index contributed by atoms with van der Waals surface area (Å²) in [4.78, 5) is 20.3. The van der Waals surface area contributed by atoms with E-state index in [4.69, 9.17) is 9.37 Å². The number of likely N-dealkylation sites (N-methyl/N-ethyl adjacent to an activating group) is 1. The Hall–Kier alpha value is -1.51. The van der Waals surface area contributed by atoms with Crippen molar-refractivity contribution in [2.75, 3.05) is 59.5 Å². The molecule has 0 spiro atoms. The van der Waals surface area contributed by atoms with Crippen molar-refractivity contribution in [3.8, 4) is 0 Å². The van der Waals surface area contributed by atoms with Crippen molar-refractivity contribution in [3.63, 3.8) is 0 Å². The van der Waals surface area contributed by atoms with Crippen LogP contribution in [0, 0.1) is 12.8 Å². The third-order valence-corrected chi connectivity index (χ3v) is 6.55. The number of rotatable bonds is 10. The number of hydrogen-bond acceptors (Lipinski definition) is 7. The minimum absolute atomic E-state index is 0.147. The predicted molar refractivity (Wildman–Crippen MR) is 111 cm³/mol. The van der Waals surface area contributed by atoms with Crippen molar-refractivity contribution in [2.24, 2.45) is 5.92 Å². The molecular weight excluding hydrogens is 370 g/mol. The first kappa shape index (κ1) is 22.2. The van der Waals surface area contributed by atoms with E-state index in [1.165, 1.54) is 12.8 Å². The summed E-state index contributed by atoms with van der Waals surface area (Å²) in [5.41, 5.74) is 1.37. The molecule has 0 aliphatic carbocycles. The van der Waals surface area contributed by atoms with Crippen molar-refractivity contribution in [1.82, 2.24) is 25.0 Å². The summed E-state index contributed by atoms with van der Waals surface area (Å²) in [7, 11) is 1.75. The topological polar surface area (TPSA) is 74.9 Å². The van der Waals surface area contributed by atoms with Gasteiger partial charge in [0.15, 0.2) is 0 Å². The largest absolute Gasteiger partial charge is 0.383 e. The van der Waals surface area contributed by atoms with Crippen LogP contribution in [0.4, 0.5) is 0 Å². The molecule has 0 radical (unpaired) electrons. The maximum absolute atomic E-state index is 13.2. The number of nitrogens with zero attached hydrogens (tertiary/aromatic N) is 5. The van der Waals surface area contributed by atoms with Crippen LogP contribution in [0.1, 0.15) is 44.0 Å². The van der Waals surface area contributed by atoms with Gasteiger partial charge in [0.1, 0.15) is 11.4 Å². The number of amides is 1. The van der Waals surface area contributed by atoms with Crippen molar-refractivity contribution >= 4 is 5.91 Å². The van der Waals surface area contributed by atoms with Crippen LogP contribution in [0.25, 0.3) is 0 Å². The zero-order chi connectivity index (χ0) is 20.6. The minimum atomic E-state index is 0.147. The third-order valence-electron chi connectivity index (χ3n) is 6.55. The van der Waals surface area contributed by atoms with Gasteiger partial charge >= 0.3 is 0 Å². The number of carbonyl (C=O) groups excluding carboxylic acids is 1. The van der Waals surface area contributed by atoms with Gasteiger partial charge in [-0.1, -0.05) is 17.2 Å². The van der Waals surface area contributed by atoms with Gasteiger partial charge in [-0.2, -0.15) is 0 Å². The molecule has 164 valence electrons. The SMILES string of the molecule is CCN1CCCC1CN(CC1CCN(CCOC)CC1)C(=O)Cc1nonc1C. The molecule has 8 nitrogen and oxygen atoms in total. The molecule has 1 atom stereocenters. The van der Waals surface area contributed by atoms with E-state index in [2.05, 4.69) is 31.9 Å². The van der Waals surface area contributed by atoms with Crippen molar-refractivity contribution in [2.45, 2.75) is 52.0 Å². The number of carbonyl (C=O) groups is 1. The molecule has 0 saturated carbocycles. The fourth-order valence-electron chi connectivity index (χ4n) is 4.64. The Balaban J connectivity index is 1.59. The molecule has 3 heterocycles. The molecule has 2 fully saturated rings. The van der Waals surface area contributed by atoms with Crippen LogP contribution in [-0.2, 0) is 16.0 Å². The molecule has 0 aromatic carbocycles. The van der Waals surface area contributed by atoms with Gasteiger partial charge in [0.05, 0.1) is 13.0 Å². The summed E-state index contributed by atoms with van der Waals surface area (Å²) in [5.74, 6) is 0.708. The monoisotopic (exact) mass is 407 g/mol. The van der Waals surface area contributed by atoms with Crippen molar-refractivity contribution in [1.29, 1.82) is 0 Å². The standard InChI is InChI=1S/C21H37N5O3/c1-4-25-9-5-6-19(25)16-26(21(27)14-20-17(2)22-29-23-20)15-18-7-10-24(11-8-18)12-13-28-3/h18-19H,4-16H2,1-3H3. The highest BCUT2D eigenvalue weighted by Crippen LogP contribution is 2.22. The third kappa shape index (κ3) is 6.23. The highest BCUT2D eigenvalue weighted by molar-refractivity contribution is 5.78. The normalized spacial score (nSPS) is 21.7. The van der Waals surface area contributed by atoms with Crippen LogP contribution >= 0.6 is 0 Å². The Morgan fingerprint density at radius 1 is 1.21 bits per heavy atom. The van der Waals surface area contributed by atoms with Gasteiger partial charge in [-0.15, -0.1) is 0 Å². The van der Waals surface area contributed by atoms with Crippen LogP contribution in [0.15, 0.2) is 4.63 Å². The molecule has 29 heavy (non-hydrogen) atoms. The fraction of sp³-hybridized carbons (Fsp3) is 0.857. The van der Waals surface area contributed by atoms with E-state index >= 15 is 0 Å². The molecule has 1 unspecified atom stereocenters. The Morgan fingerprint density at radius 2 is 2.00 bits per heavy atom. The number of methoxy groups -OCH3 is 1. The second kappa shape index (κ2) is 11.0. The van der Waals surface area contributed by atoms with Crippen LogP contribution in [-0.4, -0.2) is 96.5 Å². The number of hydrogen-bond donors (Lipinski definition) is 0. The van der Waals surface area contributed by atoms with Gasteiger partial charge in [0.2, 0.25) is 5.91 Å². The minimum Gasteiger partial charge on any atom is -0.383 e. The lowest BCUT2D eigenvalue weighted by molar-refractivity contribution is -0.132. The summed E-state index contributed by atoms with van der Waals surface area (Å²) in [6.45, 7) is 11.9. The average molecular weight is 408 g/mol. The highest BCUT2D eigenvalue weighted by Gasteiger charge is 2.30. The molecule has 1 amide bonds. The zero-order valence-corrected chi connectivity index (χ0v) is 18.3. The van der Waals surface area contributed by atoms with Gasteiger partial charge < -0.3 is 14.5 Å². The molecule has 2 aliphatic rings. The second-order valence-corrected chi connectivity index (χ2v) is 8.47. The van der Waals surface area contributed by atoms with E-state index < -0.39 is 0 Å². The number of piperidine rings is 1. The highest BCUT2D eigenvalue weighted by atomic mass is 16.6. The van der Waals surface area contributed by atoms with E-state index in [0.717, 1.165) is 65.3 Å². The Morgan fingerprint density at radius 3 is 2.66 bits per heavy atom. The van der Waals surface area contributed by atoms with E-state index in [1.54, 1.807) is 7.11 Å². The van der Waals surface area contributed by atoms with Crippen molar-refractivity contribution in [3.05, 3.63) is 11.4 Å². The first-order valence-electron chi connectivity index (χ1n) is 11.1. The molecule has 3 rings (SSSR count). The van der Waals surface area contributed by atoms with Gasteiger partial charge in [0.25, 0.3) is 0 Å². The van der Waals surface area contributed by atoms with Gasteiger partial charge in [-0.25, -0.2) is 4.63 Å². The molecule has 8 heteroatoms. The van der Waals surface area contributed by atoms with Crippen molar-refractivity contribution < 1.29 is 14.2 Å². The lowest BCUT2D eigenvalue weighted by Crippen LogP contribution is -2.47. The number of aromatic nitrogens is 2. The average Bonchev–Trinajstić information content (AvgIpc) is 3.35. The van der Waals surface area contributed by atoms with Crippen LogP contribution in [0.2, 0.25) is 0 Å². The molecule has 2 aliphatic heterocycles. The zero-order valence-electron chi connectivity index (χ0n) is 18.3. The Bertz CT molecular complexity index is 630. The molecule has 1 aromatic rings. The van der Waals surface area contributed by atoms with Crippen LogP contribution in [0.3, 0.4) is 0 Å². The maximum Gasteiger partial charge on any atom is 0.228 e. The Labute approximate surface area is 174 Å². The summed E-state index contributed by atoms with van der Waals surface area (Å²) < 4.78 is 10.00. The van der Waals surface area contributed by atoms with E-state index in [-0.39, 0.29) is 12.3 Å². The predicted octanol–water partition coefficient (Wildman–Crippen LogP) is 1.59. The first-order valence-corrected chi connectivity index (χ1v) is 11.1. The van der Waals surface area contributed by atoms with Gasteiger partial charge in [-0.3, -0.25) is 9.69 Å². The molecule has 2 saturated heterocycles. The number of aryl methyl sites for hydroxylation is 1. The van der Waals surface area contributed by atoms with Gasteiger partial charge in [0, 0.05) is 32.8 Å². The fourth-order valence-corrected chi connectivity index (χ4v) is 4.64. The first-order chi connectivity index (χ1) is 14.1. The lowest BCUT2D eigenvalue weighted by atomic mass is 9.95. The quantitative estimate of drug-likeness (QED) is 0.583. The van der Waals surface area contributed by atoms with E-state index in [0.29, 0.717) is 23.3 Å². The molecular formula is C21H37N5O3. The molecule has 0 N–H and O–H groups in total. The maximum atomic E-state index is 13.2. The lowest BCUT2D eigenvalue weighted by Gasteiger charge is -2.36. The van der Waals surface area contributed by atoms with Gasteiger partial charge in [-0.05, 0) is 64.7 Å². The second-order valence-electron chi connectivity index (χ2n) is 8.47. The van der Waals surface area contributed by atoms with Crippen LogP contribution in [0.5, 0.6) is 0 Å². The summed E-state index contributed by atoms with van der Waals surface area (Å²) in [5, 5.41) is 7.75. The number of likely N-dealkylation sites (tertiary alicyclic amines) is 2. The molecule has 1 aromatic heterocycles. The summed E-state index contributed by atoms with van der Waals surface area (Å²) >= 11 is 0. The summed E-state index contributed by atoms with van der Waals surface area (Å²) in [6.07, 6.45) is 4.96.